The number of hydrogen-bond donors (Lipinski definition) is 2. The molecule has 3 aliphatic carbocycles. The lowest BCUT2D eigenvalue weighted by atomic mass is 9.68. The van der Waals surface area contributed by atoms with Crippen molar-refractivity contribution in [2.45, 2.75) is 25.7 Å². The van der Waals surface area contributed by atoms with Gasteiger partial charge in [-0.1, -0.05) is 11.6 Å². The lowest BCUT2D eigenvalue weighted by Gasteiger charge is -2.38. The van der Waals surface area contributed by atoms with E-state index in [4.69, 9.17) is 0 Å². The van der Waals surface area contributed by atoms with E-state index in [0.717, 1.165) is 6.42 Å². The van der Waals surface area contributed by atoms with Crippen molar-refractivity contribution >= 4 is 0 Å². The molecule has 0 saturated heterocycles. The van der Waals surface area contributed by atoms with Crippen molar-refractivity contribution in [1.82, 2.24) is 0 Å². The van der Waals surface area contributed by atoms with Gasteiger partial charge in [0.15, 0.2) is 0 Å². The molecule has 3 aliphatic rings. The summed E-state index contributed by atoms with van der Waals surface area (Å²) in [6, 6.07) is 0. The molecule has 78 valence electrons. The van der Waals surface area contributed by atoms with Crippen LogP contribution in [0.4, 0.5) is 0 Å². The first-order chi connectivity index (χ1) is 6.80. The average molecular weight is 194 g/mol. The zero-order valence-electron chi connectivity index (χ0n) is 8.45. The van der Waals surface area contributed by atoms with Crippen molar-refractivity contribution in [3.05, 3.63) is 11.6 Å². The molecule has 2 nitrogen and oxygen atoms in total. The van der Waals surface area contributed by atoms with E-state index in [1.165, 1.54) is 19.3 Å². The molecule has 2 saturated carbocycles. The fraction of sp³-hybridized carbons (Fsp3) is 0.833. The average Bonchev–Trinajstić information content (AvgIpc) is 2.88. The second-order valence-corrected chi connectivity index (χ2v) is 5.31. The van der Waals surface area contributed by atoms with Gasteiger partial charge in [-0.05, 0) is 43.4 Å². The predicted octanol–water partition coefficient (Wildman–Crippen LogP) is 1.33. The SMILES string of the molecule is OCC1(CO)CC2CC1C1CCC=C21. The molecule has 0 spiro atoms. The molecule has 14 heavy (non-hydrogen) atoms. The summed E-state index contributed by atoms with van der Waals surface area (Å²) in [6.45, 7) is 0.350. The summed E-state index contributed by atoms with van der Waals surface area (Å²) in [5.74, 6) is 1.95. The van der Waals surface area contributed by atoms with Crippen molar-refractivity contribution in [1.29, 1.82) is 0 Å². The van der Waals surface area contributed by atoms with Crippen LogP contribution in [0.25, 0.3) is 0 Å². The molecule has 3 rings (SSSR count). The van der Waals surface area contributed by atoms with Crippen molar-refractivity contribution in [3.8, 4) is 0 Å². The Morgan fingerprint density at radius 2 is 2.14 bits per heavy atom. The highest BCUT2D eigenvalue weighted by atomic mass is 16.3. The Bertz CT molecular complexity index is 278. The van der Waals surface area contributed by atoms with E-state index in [2.05, 4.69) is 6.08 Å². The van der Waals surface area contributed by atoms with Gasteiger partial charge in [-0.25, -0.2) is 0 Å². The molecular weight excluding hydrogens is 176 g/mol. The molecule has 0 aromatic rings. The summed E-state index contributed by atoms with van der Waals surface area (Å²) in [7, 11) is 0. The van der Waals surface area contributed by atoms with Gasteiger partial charge in [0.25, 0.3) is 0 Å². The highest BCUT2D eigenvalue weighted by Gasteiger charge is 2.57. The Morgan fingerprint density at radius 1 is 1.36 bits per heavy atom. The van der Waals surface area contributed by atoms with Crippen LogP contribution in [0.1, 0.15) is 25.7 Å². The van der Waals surface area contributed by atoms with E-state index in [1.807, 2.05) is 0 Å². The van der Waals surface area contributed by atoms with Gasteiger partial charge in [0.1, 0.15) is 0 Å². The largest absolute Gasteiger partial charge is 0.396 e. The Kier molecular flexibility index (Phi) is 1.80. The van der Waals surface area contributed by atoms with Crippen LogP contribution in [0.15, 0.2) is 11.6 Å². The molecule has 0 aromatic heterocycles. The maximum atomic E-state index is 9.48. The summed E-state index contributed by atoms with van der Waals surface area (Å²) >= 11 is 0. The number of aliphatic hydroxyl groups is 2. The van der Waals surface area contributed by atoms with Gasteiger partial charge < -0.3 is 10.2 Å². The Balaban J connectivity index is 1.94. The first-order valence-corrected chi connectivity index (χ1v) is 5.72. The minimum Gasteiger partial charge on any atom is -0.396 e. The summed E-state index contributed by atoms with van der Waals surface area (Å²) in [5.41, 5.74) is 1.52. The summed E-state index contributed by atoms with van der Waals surface area (Å²) < 4.78 is 0. The second-order valence-electron chi connectivity index (χ2n) is 5.31. The Labute approximate surface area is 84.6 Å². The third kappa shape index (κ3) is 0.887. The number of fused-ring (bicyclic) bond motifs is 5. The zero-order chi connectivity index (χ0) is 9.76. The van der Waals surface area contributed by atoms with Gasteiger partial charge in [-0.2, -0.15) is 0 Å². The zero-order valence-corrected chi connectivity index (χ0v) is 8.45. The van der Waals surface area contributed by atoms with E-state index in [1.54, 1.807) is 5.57 Å². The molecule has 0 heterocycles. The topological polar surface area (TPSA) is 40.5 Å². The number of hydrogen-bond acceptors (Lipinski definition) is 2. The Morgan fingerprint density at radius 3 is 2.86 bits per heavy atom. The molecule has 2 heteroatoms. The van der Waals surface area contributed by atoms with E-state index in [9.17, 15) is 10.2 Å². The quantitative estimate of drug-likeness (QED) is 0.651. The van der Waals surface area contributed by atoms with Gasteiger partial charge in [0, 0.05) is 5.41 Å². The highest BCUT2D eigenvalue weighted by molar-refractivity contribution is 5.28. The lowest BCUT2D eigenvalue weighted by molar-refractivity contribution is -0.000973. The molecule has 3 atom stereocenters. The van der Waals surface area contributed by atoms with Crippen LogP contribution in [0.3, 0.4) is 0 Å². The van der Waals surface area contributed by atoms with Gasteiger partial charge in [-0.15, -0.1) is 0 Å². The van der Waals surface area contributed by atoms with Crippen LogP contribution in [0, 0.1) is 23.2 Å². The first-order valence-electron chi connectivity index (χ1n) is 5.72. The minimum absolute atomic E-state index is 0.142. The van der Waals surface area contributed by atoms with Crippen LogP contribution in [0.2, 0.25) is 0 Å². The second kappa shape index (κ2) is 2.83. The summed E-state index contributed by atoms with van der Waals surface area (Å²) in [4.78, 5) is 0. The number of aliphatic hydroxyl groups excluding tert-OH is 2. The minimum atomic E-state index is -0.142. The molecular formula is C12H18O2. The van der Waals surface area contributed by atoms with Crippen molar-refractivity contribution in [2.24, 2.45) is 23.2 Å². The smallest absolute Gasteiger partial charge is 0.0512 e. The first kappa shape index (κ1) is 8.93. The van der Waals surface area contributed by atoms with Crippen molar-refractivity contribution < 1.29 is 10.2 Å². The third-order valence-corrected chi connectivity index (χ3v) is 4.85. The van der Waals surface area contributed by atoms with Crippen LogP contribution in [-0.4, -0.2) is 23.4 Å². The van der Waals surface area contributed by atoms with E-state index >= 15 is 0 Å². The predicted molar refractivity (Wildman–Crippen MR) is 53.6 cm³/mol. The highest BCUT2D eigenvalue weighted by Crippen LogP contribution is 2.63. The fourth-order valence-electron chi connectivity index (χ4n) is 4.19. The third-order valence-electron chi connectivity index (χ3n) is 4.85. The monoisotopic (exact) mass is 194 g/mol. The standard InChI is InChI=1S/C12H18O2/c13-6-12(7-14)5-8-4-11(12)10-3-1-2-9(8)10/h2,8,10-11,13-14H,1,3-7H2. The normalized spacial score (nSPS) is 42.7. The number of rotatable bonds is 2. The van der Waals surface area contributed by atoms with Crippen LogP contribution >= 0.6 is 0 Å². The molecule has 2 N–H and O–H groups in total. The van der Waals surface area contributed by atoms with Crippen molar-refractivity contribution in [3.63, 3.8) is 0 Å². The maximum absolute atomic E-state index is 9.48. The molecule has 0 aliphatic heterocycles. The van der Waals surface area contributed by atoms with E-state index in [-0.39, 0.29) is 18.6 Å². The molecule has 0 radical (unpaired) electrons. The number of allylic oxidation sites excluding steroid dienone is 2. The van der Waals surface area contributed by atoms with Gasteiger partial charge >= 0.3 is 0 Å². The molecule has 0 amide bonds. The molecule has 0 aromatic carbocycles. The van der Waals surface area contributed by atoms with Crippen LogP contribution in [-0.2, 0) is 0 Å². The van der Waals surface area contributed by atoms with Gasteiger partial charge in [-0.3, -0.25) is 0 Å². The maximum Gasteiger partial charge on any atom is 0.0512 e. The summed E-state index contributed by atoms with van der Waals surface area (Å²) in [5, 5.41) is 19.0. The van der Waals surface area contributed by atoms with E-state index < -0.39 is 0 Å². The van der Waals surface area contributed by atoms with Gasteiger partial charge in [0.2, 0.25) is 0 Å². The van der Waals surface area contributed by atoms with Crippen molar-refractivity contribution in [2.75, 3.05) is 13.2 Å². The molecule has 3 unspecified atom stereocenters. The van der Waals surface area contributed by atoms with Crippen LogP contribution < -0.4 is 0 Å². The fourth-order valence-corrected chi connectivity index (χ4v) is 4.19. The van der Waals surface area contributed by atoms with E-state index in [0.29, 0.717) is 17.8 Å². The lowest BCUT2D eigenvalue weighted by Crippen LogP contribution is -2.39. The van der Waals surface area contributed by atoms with Crippen LogP contribution in [0.5, 0.6) is 0 Å². The van der Waals surface area contributed by atoms with Gasteiger partial charge in [0.05, 0.1) is 13.2 Å². The Hall–Kier alpha value is -0.340. The molecule has 2 fully saturated rings. The molecule has 2 bridgehead atoms. The summed E-state index contributed by atoms with van der Waals surface area (Å²) in [6.07, 6.45) is 7.14.